The second-order valence-corrected chi connectivity index (χ2v) is 11.8. The molecule has 3 fully saturated rings. The monoisotopic (exact) mass is 566 g/mol. The van der Waals surface area contributed by atoms with Gasteiger partial charge in [-0.3, -0.25) is 24.0 Å². The minimum Gasteiger partial charge on any atom is -0.462 e. The van der Waals surface area contributed by atoms with E-state index in [4.69, 9.17) is 28.4 Å². The van der Waals surface area contributed by atoms with Crippen LogP contribution in [0.5, 0.6) is 0 Å². The van der Waals surface area contributed by atoms with Gasteiger partial charge in [0, 0.05) is 46.5 Å². The molecule has 1 N–H and O–H groups in total. The van der Waals surface area contributed by atoms with Crippen LogP contribution in [-0.4, -0.2) is 82.8 Å². The first-order valence-corrected chi connectivity index (χ1v) is 13.4. The van der Waals surface area contributed by atoms with Crippen LogP contribution in [0.1, 0.15) is 68.2 Å². The fourth-order valence-corrected chi connectivity index (χ4v) is 7.14. The number of ether oxygens (including phenoxy) is 6. The Bertz CT molecular complexity index is 1150. The van der Waals surface area contributed by atoms with Crippen molar-refractivity contribution in [3.8, 4) is 0 Å². The normalized spacial score (nSPS) is 43.9. The van der Waals surface area contributed by atoms with E-state index in [9.17, 15) is 29.1 Å². The molecule has 40 heavy (non-hydrogen) atoms. The van der Waals surface area contributed by atoms with Crippen molar-refractivity contribution in [2.75, 3.05) is 0 Å². The van der Waals surface area contributed by atoms with E-state index >= 15 is 0 Å². The van der Waals surface area contributed by atoms with Crippen LogP contribution in [0.2, 0.25) is 0 Å². The summed E-state index contributed by atoms with van der Waals surface area (Å²) in [4.78, 5) is 62.6. The number of rotatable bonds is 4. The third-order valence-corrected chi connectivity index (χ3v) is 9.15. The highest BCUT2D eigenvalue weighted by Gasteiger charge is 2.78. The lowest BCUT2D eigenvalue weighted by Gasteiger charge is -2.55. The first kappa shape index (κ1) is 30.0. The lowest BCUT2D eigenvalue weighted by atomic mass is 9.53. The smallest absolute Gasteiger partial charge is 0.312 e. The van der Waals surface area contributed by atoms with E-state index in [0.29, 0.717) is 5.57 Å². The number of aliphatic hydroxyl groups is 1. The molecule has 0 aromatic rings. The topological polar surface area (TPSA) is 164 Å². The van der Waals surface area contributed by atoms with Crippen LogP contribution < -0.4 is 0 Å². The zero-order valence-electron chi connectivity index (χ0n) is 24.0. The molecule has 4 rings (SSSR count). The summed E-state index contributed by atoms with van der Waals surface area (Å²) in [6.07, 6.45) is -4.52. The molecule has 0 spiro atoms. The van der Waals surface area contributed by atoms with Crippen LogP contribution in [0.3, 0.4) is 0 Å². The lowest BCUT2D eigenvalue weighted by Crippen LogP contribution is -2.69. The van der Waals surface area contributed by atoms with Gasteiger partial charge in [-0.1, -0.05) is 6.92 Å². The highest BCUT2D eigenvalue weighted by Crippen LogP contribution is 2.64. The fourth-order valence-electron chi connectivity index (χ4n) is 7.14. The van der Waals surface area contributed by atoms with Crippen molar-refractivity contribution in [2.45, 2.75) is 116 Å². The van der Waals surface area contributed by atoms with Gasteiger partial charge in [-0.25, -0.2) is 0 Å². The molecule has 2 aliphatic carbocycles. The molecule has 11 unspecified atom stereocenters. The van der Waals surface area contributed by atoms with Gasteiger partial charge in [0.05, 0.1) is 23.0 Å². The van der Waals surface area contributed by atoms with Gasteiger partial charge in [0.15, 0.2) is 11.7 Å². The van der Waals surface area contributed by atoms with E-state index in [2.05, 4.69) is 0 Å². The van der Waals surface area contributed by atoms with Crippen molar-refractivity contribution >= 4 is 29.8 Å². The zero-order valence-corrected chi connectivity index (χ0v) is 24.0. The number of carbonyl (C=O) groups is 5. The first-order chi connectivity index (χ1) is 18.5. The standard InChI is InChI=1S/C28H38O12/c1-12-9-22-28(34,13(2)25(33)39-22)24(38-17(6)32)23-26(7,19(36-15(4)30)10-18(12)35-14(3)29)20(37-16(5)31)11-21-27(23,8)40-21/h9,13,18-24,34H,10-11H2,1-8H3. The quantitative estimate of drug-likeness (QED) is 0.226. The number of fused-ring (bicyclic) bond motifs is 4. The Labute approximate surface area is 232 Å². The number of epoxide rings is 1. The van der Waals surface area contributed by atoms with E-state index in [1.54, 1.807) is 20.8 Å². The molecule has 0 aromatic heterocycles. The maximum absolute atomic E-state index is 13.0. The molecule has 2 heterocycles. The summed E-state index contributed by atoms with van der Waals surface area (Å²) in [6, 6.07) is 0. The zero-order chi connectivity index (χ0) is 29.9. The summed E-state index contributed by atoms with van der Waals surface area (Å²) in [5.41, 5.74) is -4.12. The van der Waals surface area contributed by atoms with Crippen LogP contribution in [0.4, 0.5) is 0 Å². The summed E-state index contributed by atoms with van der Waals surface area (Å²) in [6.45, 7) is 11.5. The molecule has 2 saturated heterocycles. The molecule has 2 aliphatic heterocycles. The van der Waals surface area contributed by atoms with E-state index < -0.39 is 94.9 Å². The molecule has 0 bridgehead atoms. The Hall–Kier alpha value is -2.99. The summed E-state index contributed by atoms with van der Waals surface area (Å²) in [7, 11) is 0. The van der Waals surface area contributed by atoms with E-state index in [1.807, 2.05) is 0 Å². The number of carbonyl (C=O) groups excluding carboxylic acids is 5. The van der Waals surface area contributed by atoms with Crippen LogP contribution in [0.15, 0.2) is 11.6 Å². The maximum Gasteiger partial charge on any atom is 0.312 e. The van der Waals surface area contributed by atoms with Crippen LogP contribution >= 0.6 is 0 Å². The first-order valence-electron chi connectivity index (χ1n) is 13.4. The van der Waals surface area contributed by atoms with E-state index in [-0.39, 0.29) is 12.8 Å². The van der Waals surface area contributed by atoms with Crippen molar-refractivity contribution < 1.29 is 57.5 Å². The molecule has 1 saturated carbocycles. The summed E-state index contributed by atoms with van der Waals surface area (Å²) in [5.74, 6) is -5.46. The third-order valence-electron chi connectivity index (χ3n) is 9.15. The molecular weight excluding hydrogens is 528 g/mol. The van der Waals surface area contributed by atoms with Crippen LogP contribution in [0.25, 0.3) is 0 Å². The summed E-state index contributed by atoms with van der Waals surface area (Å²) >= 11 is 0. The third kappa shape index (κ3) is 4.78. The van der Waals surface area contributed by atoms with Crippen molar-refractivity contribution in [1.29, 1.82) is 0 Å². The van der Waals surface area contributed by atoms with Crippen molar-refractivity contribution in [1.82, 2.24) is 0 Å². The van der Waals surface area contributed by atoms with Crippen molar-refractivity contribution in [2.24, 2.45) is 17.3 Å². The average molecular weight is 567 g/mol. The van der Waals surface area contributed by atoms with E-state index in [1.165, 1.54) is 40.7 Å². The van der Waals surface area contributed by atoms with E-state index in [0.717, 1.165) is 0 Å². The largest absolute Gasteiger partial charge is 0.462 e. The number of hydrogen-bond acceptors (Lipinski definition) is 12. The van der Waals surface area contributed by atoms with Crippen LogP contribution in [0, 0.1) is 17.3 Å². The van der Waals surface area contributed by atoms with Crippen LogP contribution in [-0.2, 0) is 52.4 Å². The van der Waals surface area contributed by atoms with Gasteiger partial charge in [0.1, 0.15) is 24.4 Å². The summed E-state index contributed by atoms with van der Waals surface area (Å²) in [5, 5.41) is 12.5. The molecule has 12 heteroatoms. The van der Waals surface area contributed by atoms with Gasteiger partial charge in [-0.05, 0) is 32.4 Å². The fraction of sp³-hybridized carbons (Fsp3) is 0.750. The molecular formula is C28H38O12. The molecule has 222 valence electrons. The van der Waals surface area contributed by atoms with Gasteiger partial charge in [-0.2, -0.15) is 0 Å². The predicted octanol–water partition coefficient (Wildman–Crippen LogP) is 1.54. The van der Waals surface area contributed by atoms with Crippen molar-refractivity contribution in [3.63, 3.8) is 0 Å². The second-order valence-electron chi connectivity index (χ2n) is 11.8. The Morgan fingerprint density at radius 1 is 0.900 bits per heavy atom. The van der Waals surface area contributed by atoms with Gasteiger partial charge < -0.3 is 33.5 Å². The van der Waals surface area contributed by atoms with Gasteiger partial charge in [0.2, 0.25) is 0 Å². The minimum absolute atomic E-state index is 0.0611. The molecule has 0 aromatic carbocycles. The molecule has 0 radical (unpaired) electrons. The molecule has 12 nitrogen and oxygen atoms in total. The second kappa shape index (κ2) is 10.1. The molecule has 11 atom stereocenters. The SMILES string of the molecule is CC(=O)OC1CC(OC(C)=O)C2(C)C(OC(C)=O)CC3OC3(C)C2C(OC(C)=O)C2(O)C(C=C1C)OC(=O)C2C. The van der Waals surface area contributed by atoms with Gasteiger partial charge >= 0.3 is 29.8 Å². The summed E-state index contributed by atoms with van der Waals surface area (Å²) < 4.78 is 35.0. The lowest BCUT2D eigenvalue weighted by molar-refractivity contribution is -0.235. The average Bonchev–Trinajstić information content (AvgIpc) is 3.42. The Morgan fingerprint density at radius 2 is 1.43 bits per heavy atom. The highest BCUT2D eigenvalue weighted by atomic mass is 16.6. The van der Waals surface area contributed by atoms with Gasteiger partial charge in [0.25, 0.3) is 0 Å². The molecule has 4 aliphatic rings. The minimum atomic E-state index is -2.12. The molecule has 0 amide bonds. The Morgan fingerprint density at radius 3 is 1.95 bits per heavy atom. The Balaban J connectivity index is 2.06. The number of hydrogen-bond donors (Lipinski definition) is 1. The number of esters is 5. The predicted molar refractivity (Wildman–Crippen MR) is 134 cm³/mol. The van der Waals surface area contributed by atoms with Gasteiger partial charge in [-0.15, -0.1) is 0 Å². The Kier molecular flexibility index (Phi) is 7.59. The highest BCUT2D eigenvalue weighted by molar-refractivity contribution is 5.78. The maximum atomic E-state index is 13.0. The van der Waals surface area contributed by atoms with Crippen molar-refractivity contribution in [3.05, 3.63) is 11.6 Å².